The van der Waals surface area contributed by atoms with Gasteiger partial charge in [0, 0.05) is 13.2 Å². The van der Waals surface area contributed by atoms with Crippen LogP contribution < -0.4 is 5.32 Å². The predicted molar refractivity (Wildman–Crippen MR) is 87.3 cm³/mol. The van der Waals surface area contributed by atoms with Gasteiger partial charge < -0.3 is 10.1 Å². The fourth-order valence-corrected chi connectivity index (χ4v) is 2.40. The smallest absolute Gasteiger partial charge is 0.0518 e. The lowest BCUT2D eigenvalue weighted by atomic mass is 9.92. The SMILES string of the molecule is Cc1ccccc1C(CCOC(C)C)CNCC(C)C. The topological polar surface area (TPSA) is 21.3 Å². The highest BCUT2D eigenvalue weighted by Crippen LogP contribution is 2.22. The lowest BCUT2D eigenvalue weighted by molar-refractivity contribution is 0.0732. The molecular weight excluding hydrogens is 246 g/mol. The summed E-state index contributed by atoms with van der Waals surface area (Å²) in [5, 5.41) is 3.59. The van der Waals surface area contributed by atoms with E-state index in [1.165, 1.54) is 11.1 Å². The number of rotatable bonds is 9. The molecule has 2 heteroatoms. The first-order chi connectivity index (χ1) is 9.50. The molecule has 2 nitrogen and oxygen atoms in total. The van der Waals surface area contributed by atoms with Gasteiger partial charge >= 0.3 is 0 Å². The minimum Gasteiger partial charge on any atom is -0.379 e. The van der Waals surface area contributed by atoms with Crippen LogP contribution in [0, 0.1) is 12.8 Å². The van der Waals surface area contributed by atoms with E-state index in [0.29, 0.717) is 17.9 Å². The largest absolute Gasteiger partial charge is 0.379 e. The highest BCUT2D eigenvalue weighted by molar-refractivity contribution is 5.29. The molecule has 1 rings (SSSR count). The van der Waals surface area contributed by atoms with Crippen LogP contribution in [0.1, 0.15) is 51.2 Å². The zero-order chi connectivity index (χ0) is 15.0. The van der Waals surface area contributed by atoms with Crippen molar-refractivity contribution in [1.29, 1.82) is 0 Å². The van der Waals surface area contributed by atoms with Crippen molar-refractivity contribution in [2.75, 3.05) is 19.7 Å². The molecule has 1 aromatic rings. The summed E-state index contributed by atoms with van der Waals surface area (Å²) in [6.07, 6.45) is 1.39. The highest BCUT2D eigenvalue weighted by Gasteiger charge is 2.13. The number of nitrogens with one attached hydrogen (secondary N) is 1. The molecule has 1 atom stereocenters. The van der Waals surface area contributed by atoms with E-state index in [4.69, 9.17) is 4.74 Å². The fraction of sp³-hybridized carbons (Fsp3) is 0.667. The van der Waals surface area contributed by atoms with Gasteiger partial charge in [-0.2, -0.15) is 0 Å². The van der Waals surface area contributed by atoms with Crippen molar-refractivity contribution in [3.63, 3.8) is 0 Å². The van der Waals surface area contributed by atoms with Gasteiger partial charge in [-0.05, 0) is 56.7 Å². The normalized spacial score (nSPS) is 13.2. The molecule has 1 aromatic carbocycles. The monoisotopic (exact) mass is 277 g/mol. The Morgan fingerprint density at radius 3 is 2.35 bits per heavy atom. The molecule has 0 heterocycles. The van der Waals surface area contributed by atoms with E-state index in [2.05, 4.69) is 64.2 Å². The van der Waals surface area contributed by atoms with Gasteiger partial charge in [-0.1, -0.05) is 38.1 Å². The number of hydrogen-bond acceptors (Lipinski definition) is 2. The summed E-state index contributed by atoms with van der Waals surface area (Å²) in [6, 6.07) is 8.71. The van der Waals surface area contributed by atoms with Crippen molar-refractivity contribution >= 4 is 0 Å². The summed E-state index contributed by atoms with van der Waals surface area (Å²) in [4.78, 5) is 0. The molecule has 0 aliphatic heterocycles. The van der Waals surface area contributed by atoms with Crippen LogP contribution in [-0.2, 0) is 4.74 Å². The van der Waals surface area contributed by atoms with Gasteiger partial charge in [0.15, 0.2) is 0 Å². The predicted octanol–water partition coefficient (Wildman–Crippen LogP) is 4.14. The molecule has 0 spiro atoms. The summed E-state index contributed by atoms with van der Waals surface area (Å²) >= 11 is 0. The van der Waals surface area contributed by atoms with Crippen LogP contribution in [0.3, 0.4) is 0 Å². The molecule has 0 aliphatic rings. The number of aryl methyl sites for hydroxylation is 1. The van der Waals surface area contributed by atoms with Crippen LogP contribution in [0.4, 0.5) is 0 Å². The Morgan fingerprint density at radius 1 is 1.05 bits per heavy atom. The first-order valence-corrected chi connectivity index (χ1v) is 7.88. The molecule has 0 radical (unpaired) electrons. The van der Waals surface area contributed by atoms with Crippen molar-refractivity contribution in [3.8, 4) is 0 Å². The number of ether oxygens (including phenoxy) is 1. The van der Waals surface area contributed by atoms with Crippen molar-refractivity contribution in [2.45, 2.75) is 53.1 Å². The van der Waals surface area contributed by atoms with Gasteiger partial charge in [0.2, 0.25) is 0 Å². The molecule has 0 saturated heterocycles. The van der Waals surface area contributed by atoms with E-state index >= 15 is 0 Å². The first kappa shape index (κ1) is 17.2. The maximum absolute atomic E-state index is 5.73. The quantitative estimate of drug-likeness (QED) is 0.732. The Balaban J connectivity index is 2.61. The maximum Gasteiger partial charge on any atom is 0.0518 e. The standard InChI is InChI=1S/C18H31NO/c1-14(2)12-19-13-17(10-11-20-15(3)4)18-9-7-6-8-16(18)5/h6-9,14-15,17,19H,10-13H2,1-5H3. The average Bonchev–Trinajstić information content (AvgIpc) is 2.37. The van der Waals surface area contributed by atoms with E-state index in [1.54, 1.807) is 0 Å². The first-order valence-electron chi connectivity index (χ1n) is 7.88. The second-order valence-corrected chi connectivity index (χ2v) is 6.31. The molecule has 1 unspecified atom stereocenters. The Kier molecular flexibility index (Phi) is 7.86. The Labute approximate surface area is 124 Å². The third-order valence-electron chi connectivity index (χ3n) is 3.49. The van der Waals surface area contributed by atoms with Crippen LogP contribution >= 0.6 is 0 Å². The van der Waals surface area contributed by atoms with E-state index in [-0.39, 0.29) is 0 Å². The minimum atomic E-state index is 0.316. The fourth-order valence-electron chi connectivity index (χ4n) is 2.40. The van der Waals surface area contributed by atoms with Gasteiger partial charge in [0.1, 0.15) is 0 Å². The lowest BCUT2D eigenvalue weighted by Crippen LogP contribution is -2.26. The Bertz CT molecular complexity index is 359. The maximum atomic E-state index is 5.73. The van der Waals surface area contributed by atoms with Crippen LogP contribution in [0.15, 0.2) is 24.3 Å². The molecule has 0 fully saturated rings. The van der Waals surface area contributed by atoms with Crippen molar-refractivity contribution in [2.24, 2.45) is 5.92 Å². The Hall–Kier alpha value is -0.860. The molecule has 0 amide bonds. The van der Waals surface area contributed by atoms with E-state index in [0.717, 1.165) is 26.1 Å². The lowest BCUT2D eigenvalue weighted by Gasteiger charge is -2.21. The van der Waals surface area contributed by atoms with Gasteiger partial charge in [-0.3, -0.25) is 0 Å². The molecule has 1 N–H and O–H groups in total. The third-order valence-corrected chi connectivity index (χ3v) is 3.49. The summed E-state index contributed by atoms with van der Waals surface area (Å²) in [5.74, 6) is 1.23. The number of hydrogen-bond donors (Lipinski definition) is 1. The molecule has 0 aliphatic carbocycles. The van der Waals surface area contributed by atoms with Crippen molar-refractivity contribution < 1.29 is 4.74 Å². The van der Waals surface area contributed by atoms with Crippen molar-refractivity contribution in [3.05, 3.63) is 35.4 Å². The summed E-state index contributed by atoms with van der Waals surface area (Å²) < 4.78 is 5.73. The van der Waals surface area contributed by atoms with Crippen LogP contribution in [0.5, 0.6) is 0 Å². The van der Waals surface area contributed by atoms with E-state index in [1.807, 2.05) is 0 Å². The van der Waals surface area contributed by atoms with Gasteiger partial charge in [0.05, 0.1) is 6.10 Å². The molecule has 0 bridgehead atoms. The highest BCUT2D eigenvalue weighted by atomic mass is 16.5. The summed E-state index contributed by atoms with van der Waals surface area (Å²) in [6.45, 7) is 13.8. The Morgan fingerprint density at radius 2 is 1.75 bits per heavy atom. The number of benzene rings is 1. The summed E-state index contributed by atoms with van der Waals surface area (Å²) in [7, 11) is 0. The second kappa shape index (κ2) is 9.15. The molecule has 114 valence electrons. The zero-order valence-corrected chi connectivity index (χ0v) is 13.8. The van der Waals surface area contributed by atoms with Gasteiger partial charge in [0.25, 0.3) is 0 Å². The minimum absolute atomic E-state index is 0.316. The summed E-state index contributed by atoms with van der Waals surface area (Å²) in [5.41, 5.74) is 2.84. The van der Waals surface area contributed by atoms with Crippen LogP contribution in [0.25, 0.3) is 0 Å². The van der Waals surface area contributed by atoms with E-state index < -0.39 is 0 Å². The molecule has 0 aromatic heterocycles. The van der Waals surface area contributed by atoms with Crippen LogP contribution in [-0.4, -0.2) is 25.8 Å². The zero-order valence-electron chi connectivity index (χ0n) is 13.8. The average molecular weight is 277 g/mol. The van der Waals surface area contributed by atoms with E-state index in [9.17, 15) is 0 Å². The molecule has 0 saturated carbocycles. The van der Waals surface area contributed by atoms with Crippen molar-refractivity contribution in [1.82, 2.24) is 5.32 Å². The molecular formula is C18H31NO. The van der Waals surface area contributed by atoms with Gasteiger partial charge in [-0.15, -0.1) is 0 Å². The van der Waals surface area contributed by atoms with Crippen LogP contribution in [0.2, 0.25) is 0 Å². The molecule has 20 heavy (non-hydrogen) atoms. The van der Waals surface area contributed by atoms with Gasteiger partial charge in [-0.25, -0.2) is 0 Å². The second-order valence-electron chi connectivity index (χ2n) is 6.31. The third kappa shape index (κ3) is 6.53.